The average Bonchev–Trinajstić information content (AvgIpc) is 2.54. The molecule has 1 unspecified atom stereocenters. The zero-order chi connectivity index (χ0) is 14.7. The molecule has 21 heavy (non-hydrogen) atoms. The van der Waals surface area contributed by atoms with E-state index in [-0.39, 0.29) is 11.8 Å². The molecule has 0 radical (unpaired) electrons. The van der Waals surface area contributed by atoms with E-state index in [9.17, 15) is 4.79 Å². The van der Waals surface area contributed by atoms with Crippen LogP contribution in [0.25, 0.3) is 0 Å². The summed E-state index contributed by atoms with van der Waals surface area (Å²) in [6, 6.07) is 9.33. The minimum absolute atomic E-state index is 0.110. The molecule has 0 aliphatic heterocycles. The Kier molecular flexibility index (Phi) is 3.77. The van der Waals surface area contributed by atoms with Crippen molar-refractivity contribution in [1.82, 2.24) is 4.98 Å². The van der Waals surface area contributed by atoms with Gasteiger partial charge in [0.1, 0.15) is 0 Å². The van der Waals surface area contributed by atoms with Crippen LogP contribution in [0.5, 0.6) is 0 Å². The van der Waals surface area contributed by atoms with E-state index >= 15 is 0 Å². The van der Waals surface area contributed by atoms with Crippen molar-refractivity contribution < 1.29 is 4.79 Å². The molecule has 1 atom stereocenters. The summed E-state index contributed by atoms with van der Waals surface area (Å²) < 4.78 is 0. The lowest BCUT2D eigenvalue weighted by Crippen LogP contribution is -2.15. The molecule has 4 heteroatoms. The minimum Gasteiger partial charge on any atom is -0.322 e. The predicted molar refractivity (Wildman–Crippen MR) is 83.1 cm³/mol. The van der Waals surface area contributed by atoms with Crippen LogP contribution in [0.3, 0.4) is 0 Å². The second-order valence-corrected chi connectivity index (χ2v) is 5.27. The van der Waals surface area contributed by atoms with Gasteiger partial charge >= 0.3 is 0 Å². The normalized spacial score (nSPS) is 16.9. The molecule has 1 aromatic heterocycles. The maximum atomic E-state index is 12.3. The van der Waals surface area contributed by atoms with Crippen molar-refractivity contribution in [1.29, 1.82) is 5.41 Å². The molecule has 0 bridgehead atoms. The van der Waals surface area contributed by atoms with Gasteiger partial charge in [0.2, 0.25) is 0 Å². The highest BCUT2D eigenvalue weighted by Gasteiger charge is 2.19. The van der Waals surface area contributed by atoms with Gasteiger partial charge in [0.05, 0.1) is 0 Å². The molecular formula is C17H17N3O. The maximum absolute atomic E-state index is 12.3. The Morgan fingerprint density at radius 2 is 2.10 bits per heavy atom. The number of aromatic nitrogens is 1. The molecule has 0 saturated heterocycles. The zero-order valence-electron chi connectivity index (χ0n) is 11.7. The van der Waals surface area contributed by atoms with Crippen molar-refractivity contribution in [2.75, 3.05) is 5.32 Å². The third-order valence-corrected chi connectivity index (χ3v) is 3.91. The minimum atomic E-state index is -0.110. The second-order valence-electron chi connectivity index (χ2n) is 5.27. The van der Waals surface area contributed by atoms with Crippen LogP contribution >= 0.6 is 0 Å². The summed E-state index contributed by atoms with van der Waals surface area (Å²) >= 11 is 0. The quantitative estimate of drug-likeness (QED) is 0.846. The van der Waals surface area contributed by atoms with E-state index in [4.69, 9.17) is 5.41 Å². The molecule has 3 rings (SSSR count). The first-order valence-corrected chi connectivity index (χ1v) is 7.13. The second kappa shape index (κ2) is 5.87. The lowest BCUT2D eigenvalue weighted by Gasteiger charge is -2.22. The molecule has 1 aliphatic rings. The number of hydrogen-bond acceptors (Lipinski definition) is 3. The van der Waals surface area contributed by atoms with E-state index in [0.717, 1.165) is 24.9 Å². The zero-order valence-corrected chi connectivity index (χ0v) is 11.7. The number of carbonyl (C=O) groups is 1. The number of pyridine rings is 1. The molecule has 1 heterocycles. The number of fused-ring (bicyclic) bond motifs is 1. The molecule has 0 fully saturated rings. The average molecular weight is 279 g/mol. The summed E-state index contributed by atoms with van der Waals surface area (Å²) in [4.78, 5) is 16.2. The van der Waals surface area contributed by atoms with Crippen molar-refractivity contribution in [3.8, 4) is 0 Å². The highest BCUT2D eigenvalue weighted by molar-refractivity contribution is 6.04. The summed E-state index contributed by atoms with van der Waals surface area (Å²) in [7, 11) is 0. The Bertz CT molecular complexity index is 667. The van der Waals surface area contributed by atoms with Gasteiger partial charge in [-0.3, -0.25) is 9.78 Å². The molecule has 4 nitrogen and oxygen atoms in total. The van der Waals surface area contributed by atoms with E-state index < -0.39 is 0 Å². The maximum Gasteiger partial charge on any atom is 0.255 e. The highest BCUT2D eigenvalue weighted by atomic mass is 16.1. The Labute approximate surface area is 123 Å². The molecule has 2 aromatic rings. The summed E-state index contributed by atoms with van der Waals surface area (Å²) in [5.41, 5.74) is 3.79. The Hall–Kier alpha value is -2.49. The van der Waals surface area contributed by atoms with Crippen LogP contribution in [-0.4, -0.2) is 17.1 Å². The lowest BCUT2D eigenvalue weighted by atomic mass is 9.82. The molecule has 0 spiro atoms. The summed E-state index contributed by atoms with van der Waals surface area (Å²) in [5.74, 6) is 0.0898. The van der Waals surface area contributed by atoms with Gasteiger partial charge in [-0.2, -0.15) is 0 Å². The van der Waals surface area contributed by atoms with Crippen LogP contribution in [0.1, 0.15) is 40.2 Å². The van der Waals surface area contributed by atoms with Gasteiger partial charge in [0, 0.05) is 35.8 Å². The van der Waals surface area contributed by atoms with Crippen LogP contribution in [0.2, 0.25) is 0 Å². The predicted octanol–water partition coefficient (Wildman–Crippen LogP) is 3.40. The number of anilines is 1. The lowest BCUT2D eigenvalue weighted by molar-refractivity contribution is 0.102. The van der Waals surface area contributed by atoms with Gasteiger partial charge < -0.3 is 10.7 Å². The van der Waals surface area contributed by atoms with Crippen LogP contribution < -0.4 is 5.32 Å². The van der Waals surface area contributed by atoms with Crippen molar-refractivity contribution in [2.24, 2.45) is 0 Å². The first kappa shape index (κ1) is 13.5. The smallest absolute Gasteiger partial charge is 0.255 e. The fourth-order valence-electron chi connectivity index (χ4n) is 2.80. The van der Waals surface area contributed by atoms with Gasteiger partial charge in [0.15, 0.2) is 0 Å². The molecule has 1 aromatic carbocycles. The van der Waals surface area contributed by atoms with Gasteiger partial charge in [0.25, 0.3) is 5.91 Å². The van der Waals surface area contributed by atoms with E-state index in [1.807, 2.05) is 18.2 Å². The highest BCUT2D eigenvalue weighted by Crippen LogP contribution is 2.30. The van der Waals surface area contributed by atoms with Crippen molar-refractivity contribution >= 4 is 17.8 Å². The van der Waals surface area contributed by atoms with E-state index in [2.05, 4.69) is 10.3 Å². The molecular weight excluding hydrogens is 262 g/mol. The van der Waals surface area contributed by atoms with E-state index in [1.54, 1.807) is 24.5 Å². The van der Waals surface area contributed by atoms with Gasteiger partial charge in [-0.05, 0) is 54.7 Å². The van der Waals surface area contributed by atoms with Gasteiger partial charge in [-0.1, -0.05) is 6.07 Å². The van der Waals surface area contributed by atoms with Gasteiger partial charge in [-0.25, -0.2) is 0 Å². The number of nitrogens with one attached hydrogen (secondary N) is 2. The van der Waals surface area contributed by atoms with Crippen LogP contribution in [-0.2, 0) is 6.42 Å². The largest absolute Gasteiger partial charge is 0.322 e. The number of hydrogen-bond donors (Lipinski definition) is 2. The van der Waals surface area contributed by atoms with E-state index in [1.165, 1.54) is 17.3 Å². The number of amides is 1. The molecule has 1 aliphatic carbocycles. The van der Waals surface area contributed by atoms with Crippen molar-refractivity contribution in [3.63, 3.8) is 0 Å². The summed E-state index contributed by atoms with van der Waals surface area (Å²) in [5, 5.41) is 10.4. The first-order chi connectivity index (χ1) is 10.3. The fourth-order valence-corrected chi connectivity index (χ4v) is 2.80. The van der Waals surface area contributed by atoms with Crippen molar-refractivity contribution in [3.05, 3.63) is 59.4 Å². The number of aryl methyl sites for hydroxylation is 1. The third kappa shape index (κ3) is 2.84. The van der Waals surface area contributed by atoms with Crippen LogP contribution in [0.4, 0.5) is 5.69 Å². The van der Waals surface area contributed by atoms with E-state index in [0.29, 0.717) is 5.56 Å². The number of rotatable bonds is 3. The molecule has 2 N–H and O–H groups in total. The Morgan fingerprint density at radius 1 is 1.29 bits per heavy atom. The Balaban J connectivity index is 1.83. The summed E-state index contributed by atoms with van der Waals surface area (Å²) in [6.45, 7) is 0. The molecule has 1 amide bonds. The monoisotopic (exact) mass is 279 g/mol. The number of nitrogens with zero attached hydrogens (tertiary/aromatic N) is 1. The fraction of sp³-hybridized carbons (Fsp3) is 0.235. The topological polar surface area (TPSA) is 65.8 Å². The number of benzene rings is 1. The summed E-state index contributed by atoms with van der Waals surface area (Å²) in [6.07, 6.45) is 7.89. The first-order valence-electron chi connectivity index (χ1n) is 7.13. The third-order valence-electron chi connectivity index (χ3n) is 3.91. The molecule has 0 saturated carbocycles. The van der Waals surface area contributed by atoms with Crippen LogP contribution in [0, 0.1) is 5.41 Å². The molecule has 106 valence electrons. The van der Waals surface area contributed by atoms with Crippen LogP contribution in [0.15, 0.2) is 42.7 Å². The van der Waals surface area contributed by atoms with Crippen molar-refractivity contribution in [2.45, 2.75) is 25.2 Å². The Morgan fingerprint density at radius 3 is 2.86 bits per heavy atom. The SMILES string of the molecule is N=CC1CCCc2cc(C(=O)Nc3ccncc3)ccc21. The number of carbonyl (C=O) groups excluding carboxylic acids is 1. The standard InChI is InChI=1S/C17H17N3O/c18-11-14-3-1-2-12-10-13(4-5-16(12)14)17(21)20-15-6-8-19-9-7-15/h4-11,14,18H,1-3H2,(H,19,20,21). The van der Waals surface area contributed by atoms with Gasteiger partial charge in [-0.15, -0.1) is 0 Å².